The second kappa shape index (κ2) is 5.29. The van der Waals surface area contributed by atoms with Crippen molar-refractivity contribution in [3.05, 3.63) is 88.4 Å². The van der Waals surface area contributed by atoms with E-state index in [1.54, 1.807) is 0 Å². The van der Waals surface area contributed by atoms with Crippen LogP contribution in [0, 0.1) is 0 Å². The monoisotopic (exact) mass is 371 g/mol. The van der Waals surface area contributed by atoms with E-state index in [-0.39, 0.29) is 0 Å². The quantitative estimate of drug-likeness (QED) is 0.340. The van der Waals surface area contributed by atoms with Crippen molar-refractivity contribution in [3.8, 4) is 22.4 Å². The fraction of sp³-hybridized carbons (Fsp3) is 0.0455. The van der Waals surface area contributed by atoms with Gasteiger partial charge in [0.25, 0.3) is 0 Å². The molecular weight excluding hydrogens is 358 g/mol. The average Bonchev–Trinajstić information content (AvgIpc) is 2.99. The minimum atomic E-state index is 0.953. The molecular formula is C22H14BrN. The molecule has 3 aromatic carbocycles. The van der Waals surface area contributed by atoms with Crippen LogP contribution in [0.5, 0.6) is 0 Å². The predicted molar refractivity (Wildman–Crippen MR) is 103 cm³/mol. The van der Waals surface area contributed by atoms with E-state index in [4.69, 9.17) is 4.98 Å². The van der Waals surface area contributed by atoms with E-state index in [9.17, 15) is 0 Å². The second-order valence-corrected chi connectivity index (χ2v) is 7.09. The molecule has 5 rings (SSSR count). The van der Waals surface area contributed by atoms with Crippen LogP contribution in [0.25, 0.3) is 33.3 Å². The van der Waals surface area contributed by atoms with Crippen LogP contribution in [0.3, 0.4) is 0 Å². The van der Waals surface area contributed by atoms with Gasteiger partial charge in [-0.05, 0) is 40.5 Å². The Labute approximate surface area is 149 Å². The molecule has 24 heavy (non-hydrogen) atoms. The summed E-state index contributed by atoms with van der Waals surface area (Å²) in [6, 6.07) is 25.7. The summed E-state index contributed by atoms with van der Waals surface area (Å²) in [4.78, 5) is 4.99. The lowest BCUT2D eigenvalue weighted by molar-refractivity contribution is 1.25. The van der Waals surface area contributed by atoms with Crippen LogP contribution in [0.15, 0.2) is 77.3 Å². The highest BCUT2D eigenvalue weighted by Crippen LogP contribution is 2.43. The van der Waals surface area contributed by atoms with Crippen molar-refractivity contribution in [2.45, 2.75) is 6.42 Å². The average molecular weight is 372 g/mol. The Bertz CT molecular complexity index is 1080. The van der Waals surface area contributed by atoms with E-state index in [0.717, 1.165) is 22.1 Å². The zero-order valence-corrected chi connectivity index (χ0v) is 14.5. The van der Waals surface area contributed by atoms with Crippen LogP contribution in [-0.4, -0.2) is 4.98 Å². The van der Waals surface area contributed by atoms with Crippen molar-refractivity contribution in [2.75, 3.05) is 0 Å². The number of halogens is 1. The normalized spacial score (nSPS) is 12.2. The number of rotatable bonds is 1. The van der Waals surface area contributed by atoms with Gasteiger partial charge in [0.15, 0.2) is 0 Å². The van der Waals surface area contributed by atoms with E-state index in [0.29, 0.717) is 0 Å². The van der Waals surface area contributed by atoms with Gasteiger partial charge < -0.3 is 0 Å². The first-order valence-electron chi connectivity index (χ1n) is 8.07. The first-order valence-corrected chi connectivity index (χ1v) is 8.86. The molecule has 0 spiro atoms. The second-order valence-electron chi connectivity index (χ2n) is 6.17. The van der Waals surface area contributed by atoms with E-state index < -0.39 is 0 Å². The zero-order valence-electron chi connectivity index (χ0n) is 13.0. The molecule has 0 amide bonds. The first kappa shape index (κ1) is 13.9. The maximum absolute atomic E-state index is 4.99. The Kier molecular flexibility index (Phi) is 3.07. The molecule has 114 valence electrons. The van der Waals surface area contributed by atoms with Crippen molar-refractivity contribution in [2.24, 2.45) is 0 Å². The summed E-state index contributed by atoms with van der Waals surface area (Å²) in [6.07, 6.45) is 0.953. The molecule has 0 N–H and O–H groups in total. The predicted octanol–water partition coefficient (Wildman–Crippen LogP) is 6.24. The van der Waals surface area contributed by atoms with E-state index in [2.05, 4.69) is 88.7 Å². The largest absolute Gasteiger partial charge is 0.247 e. The Morgan fingerprint density at radius 1 is 0.792 bits per heavy atom. The van der Waals surface area contributed by atoms with Gasteiger partial charge in [-0.25, -0.2) is 4.98 Å². The van der Waals surface area contributed by atoms with Gasteiger partial charge in [-0.2, -0.15) is 0 Å². The molecule has 1 aromatic heterocycles. The van der Waals surface area contributed by atoms with Gasteiger partial charge in [0.2, 0.25) is 0 Å². The highest BCUT2D eigenvalue weighted by Gasteiger charge is 2.24. The Balaban J connectivity index is 1.89. The molecule has 4 aromatic rings. The first-order chi connectivity index (χ1) is 11.8. The number of nitrogens with zero attached hydrogens (tertiary/aromatic N) is 1. The van der Waals surface area contributed by atoms with E-state index >= 15 is 0 Å². The van der Waals surface area contributed by atoms with Crippen LogP contribution in [0.2, 0.25) is 0 Å². The summed E-state index contributed by atoms with van der Waals surface area (Å²) in [5.74, 6) is 0. The highest BCUT2D eigenvalue weighted by molar-refractivity contribution is 9.10. The molecule has 0 aliphatic heterocycles. The van der Waals surface area contributed by atoms with Gasteiger partial charge in [-0.15, -0.1) is 0 Å². The molecule has 0 unspecified atom stereocenters. The molecule has 0 fully saturated rings. The van der Waals surface area contributed by atoms with Crippen LogP contribution in [0.4, 0.5) is 0 Å². The van der Waals surface area contributed by atoms with Crippen LogP contribution < -0.4 is 0 Å². The molecule has 1 nitrogen and oxygen atoms in total. The zero-order chi connectivity index (χ0) is 16.1. The molecule has 2 heteroatoms. The maximum atomic E-state index is 4.99. The summed E-state index contributed by atoms with van der Waals surface area (Å²) in [6.45, 7) is 0. The number of fused-ring (bicyclic) bond motifs is 4. The Morgan fingerprint density at radius 2 is 1.54 bits per heavy atom. The van der Waals surface area contributed by atoms with Crippen LogP contribution in [-0.2, 0) is 6.42 Å². The number of para-hydroxylation sites is 1. The minimum Gasteiger partial charge on any atom is -0.247 e. The number of pyridine rings is 1. The van der Waals surface area contributed by atoms with Crippen molar-refractivity contribution in [1.29, 1.82) is 0 Å². The van der Waals surface area contributed by atoms with Gasteiger partial charge in [0.1, 0.15) is 0 Å². The van der Waals surface area contributed by atoms with E-state index in [1.165, 1.54) is 33.2 Å². The maximum Gasteiger partial charge on any atom is 0.0754 e. The smallest absolute Gasteiger partial charge is 0.0754 e. The number of hydrogen-bond donors (Lipinski definition) is 0. The van der Waals surface area contributed by atoms with Crippen LogP contribution in [0.1, 0.15) is 11.1 Å². The molecule has 0 atom stereocenters. The lowest BCUT2D eigenvalue weighted by Gasteiger charge is -2.13. The molecule has 0 bridgehead atoms. The SMILES string of the molecule is Brc1ccc(-c2c3c(nc4ccccc24)-c2ccccc2C3)cc1. The van der Waals surface area contributed by atoms with Crippen LogP contribution >= 0.6 is 15.9 Å². The number of hydrogen-bond acceptors (Lipinski definition) is 1. The van der Waals surface area contributed by atoms with Crippen molar-refractivity contribution in [3.63, 3.8) is 0 Å². The summed E-state index contributed by atoms with van der Waals surface area (Å²) >= 11 is 3.54. The van der Waals surface area contributed by atoms with Crippen molar-refractivity contribution >= 4 is 26.8 Å². The minimum absolute atomic E-state index is 0.953. The lowest BCUT2D eigenvalue weighted by atomic mass is 9.94. The fourth-order valence-corrected chi connectivity index (χ4v) is 3.95. The summed E-state index contributed by atoms with van der Waals surface area (Å²) in [7, 11) is 0. The summed E-state index contributed by atoms with van der Waals surface area (Å²) < 4.78 is 1.10. The highest BCUT2D eigenvalue weighted by atomic mass is 79.9. The molecule has 0 radical (unpaired) electrons. The Morgan fingerprint density at radius 3 is 2.42 bits per heavy atom. The molecule has 1 heterocycles. The van der Waals surface area contributed by atoms with Gasteiger partial charge >= 0.3 is 0 Å². The fourth-order valence-electron chi connectivity index (χ4n) is 3.69. The summed E-state index contributed by atoms with van der Waals surface area (Å²) in [5, 5.41) is 1.23. The molecule has 0 saturated heterocycles. The third-order valence-corrected chi connectivity index (χ3v) is 5.29. The van der Waals surface area contributed by atoms with Gasteiger partial charge in [-0.3, -0.25) is 0 Å². The van der Waals surface area contributed by atoms with Gasteiger partial charge in [-0.1, -0.05) is 70.5 Å². The third-order valence-electron chi connectivity index (χ3n) is 4.77. The van der Waals surface area contributed by atoms with E-state index in [1.807, 2.05) is 0 Å². The summed E-state index contributed by atoms with van der Waals surface area (Å²) in [5.41, 5.74) is 8.76. The van der Waals surface area contributed by atoms with Crippen molar-refractivity contribution in [1.82, 2.24) is 4.98 Å². The molecule has 1 aliphatic rings. The van der Waals surface area contributed by atoms with Gasteiger partial charge in [0, 0.05) is 21.8 Å². The molecule has 1 aliphatic carbocycles. The Hall–Kier alpha value is -2.45. The van der Waals surface area contributed by atoms with Crippen molar-refractivity contribution < 1.29 is 0 Å². The third kappa shape index (κ3) is 2.03. The standard InChI is InChI=1S/C22H14BrN/c23-16-11-9-14(10-12-16)21-18-7-3-4-8-20(18)24-22-17-6-2-1-5-15(17)13-19(21)22/h1-12H,13H2. The number of aromatic nitrogens is 1. The number of benzene rings is 3. The topological polar surface area (TPSA) is 12.9 Å². The van der Waals surface area contributed by atoms with Gasteiger partial charge in [0.05, 0.1) is 11.2 Å². The molecule has 0 saturated carbocycles. The lowest BCUT2D eigenvalue weighted by Crippen LogP contribution is -1.94.